The van der Waals surface area contributed by atoms with Crippen LogP contribution in [-0.2, 0) is 0 Å². The van der Waals surface area contributed by atoms with Crippen LogP contribution in [0, 0.1) is 25.7 Å². The molecular formula is C10H12N2. The molecule has 0 radical (unpaired) electrons. The summed E-state index contributed by atoms with van der Waals surface area (Å²) < 4.78 is 0. The summed E-state index contributed by atoms with van der Waals surface area (Å²) in [6.45, 7) is 4.31. The van der Waals surface area contributed by atoms with Crippen LogP contribution >= 0.6 is 0 Å². The number of hydrogen-bond donors (Lipinski definition) is 1. The van der Waals surface area contributed by atoms with Gasteiger partial charge in [-0.25, -0.2) is 0 Å². The minimum Gasteiger partial charge on any atom is -0.320 e. The lowest BCUT2D eigenvalue weighted by Crippen LogP contribution is -1.94. The second-order valence-electron chi connectivity index (χ2n) is 2.59. The van der Waals surface area contributed by atoms with Crippen LogP contribution in [0.15, 0.2) is 12.1 Å². The van der Waals surface area contributed by atoms with Crippen molar-refractivity contribution in [3.8, 4) is 11.8 Å². The summed E-state index contributed by atoms with van der Waals surface area (Å²) >= 11 is 0. The van der Waals surface area contributed by atoms with Crippen molar-refractivity contribution < 1.29 is 0 Å². The van der Waals surface area contributed by atoms with E-state index >= 15 is 0 Å². The zero-order chi connectivity index (χ0) is 8.97. The van der Waals surface area contributed by atoms with E-state index in [1.165, 1.54) is 0 Å². The highest BCUT2D eigenvalue weighted by Gasteiger charge is 1.94. The maximum atomic E-state index is 5.26. The molecule has 0 atom stereocenters. The smallest absolute Gasteiger partial charge is 0.0555 e. The second-order valence-corrected chi connectivity index (χ2v) is 2.59. The summed E-state index contributed by atoms with van der Waals surface area (Å²) in [7, 11) is 0. The van der Waals surface area contributed by atoms with Crippen LogP contribution in [0.4, 0.5) is 0 Å². The molecule has 0 saturated heterocycles. The van der Waals surface area contributed by atoms with Crippen LogP contribution in [0.2, 0.25) is 0 Å². The van der Waals surface area contributed by atoms with Crippen molar-refractivity contribution in [3.63, 3.8) is 0 Å². The summed E-state index contributed by atoms with van der Waals surface area (Å²) in [4.78, 5) is 4.28. The SMILES string of the molecule is Cc1ccc(C#CCN)c(C)n1. The molecule has 0 aliphatic heterocycles. The van der Waals surface area contributed by atoms with Crippen LogP contribution in [0.1, 0.15) is 17.0 Å². The Labute approximate surface area is 72.8 Å². The van der Waals surface area contributed by atoms with E-state index in [1.54, 1.807) is 0 Å². The highest BCUT2D eigenvalue weighted by Crippen LogP contribution is 2.03. The molecule has 0 fully saturated rings. The van der Waals surface area contributed by atoms with Gasteiger partial charge in [-0.2, -0.15) is 0 Å². The van der Waals surface area contributed by atoms with E-state index < -0.39 is 0 Å². The van der Waals surface area contributed by atoms with E-state index in [4.69, 9.17) is 5.73 Å². The Morgan fingerprint density at radius 2 is 2.17 bits per heavy atom. The van der Waals surface area contributed by atoms with Crippen molar-refractivity contribution in [2.75, 3.05) is 6.54 Å². The zero-order valence-corrected chi connectivity index (χ0v) is 7.39. The summed E-state index contributed by atoms with van der Waals surface area (Å²) in [6.07, 6.45) is 0. The maximum absolute atomic E-state index is 5.26. The Morgan fingerprint density at radius 3 is 2.75 bits per heavy atom. The number of aromatic nitrogens is 1. The number of nitrogens with two attached hydrogens (primary N) is 1. The Kier molecular flexibility index (Phi) is 2.84. The molecule has 2 N–H and O–H groups in total. The van der Waals surface area contributed by atoms with Gasteiger partial charge in [-0.1, -0.05) is 11.8 Å². The number of hydrogen-bond acceptors (Lipinski definition) is 2. The molecule has 0 bridgehead atoms. The van der Waals surface area contributed by atoms with Gasteiger partial charge in [0.05, 0.1) is 12.2 Å². The molecule has 0 aromatic carbocycles. The van der Waals surface area contributed by atoms with Gasteiger partial charge in [0.25, 0.3) is 0 Å². The fraction of sp³-hybridized carbons (Fsp3) is 0.300. The predicted molar refractivity (Wildman–Crippen MR) is 49.6 cm³/mol. The lowest BCUT2D eigenvalue weighted by Gasteiger charge is -1.97. The van der Waals surface area contributed by atoms with Gasteiger partial charge in [0.15, 0.2) is 0 Å². The van der Waals surface area contributed by atoms with Crippen LogP contribution < -0.4 is 5.73 Å². The first-order chi connectivity index (χ1) is 5.74. The van der Waals surface area contributed by atoms with Gasteiger partial charge in [0.1, 0.15) is 0 Å². The number of rotatable bonds is 0. The van der Waals surface area contributed by atoms with Crippen molar-refractivity contribution in [1.82, 2.24) is 4.98 Å². The highest BCUT2D eigenvalue weighted by atomic mass is 14.7. The van der Waals surface area contributed by atoms with Crippen LogP contribution in [0.25, 0.3) is 0 Å². The number of nitrogens with zero attached hydrogens (tertiary/aromatic N) is 1. The Hall–Kier alpha value is -1.33. The Bertz CT molecular complexity index is 331. The van der Waals surface area contributed by atoms with Gasteiger partial charge in [-0.15, -0.1) is 0 Å². The largest absolute Gasteiger partial charge is 0.320 e. The summed E-state index contributed by atoms with van der Waals surface area (Å²) in [5.41, 5.74) is 8.21. The molecule has 62 valence electrons. The third-order valence-corrected chi connectivity index (χ3v) is 1.55. The highest BCUT2D eigenvalue weighted by molar-refractivity contribution is 5.38. The summed E-state index contributed by atoms with van der Waals surface area (Å²) in [6, 6.07) is 3.92. The predicted octanol–water partition coefficient (Wildman–Crippen LogP) is 1.01. The minimum atomic E-state index is 0.396. The first-order valence-electron chi connectivity index (χ1n) is 3.87. The fourth-order valence-corrected chi connectivity index (χ4v) is 0.965. The van der Waals surface area contributed by atoms with E-state index in [0.29, 0.717) is 6.54 Å². The van der Waals surface area contributed by atoms with Gasteiger partial charge in [-0.05, 0) is 26.0 Å². The number of aryl methyl sites for hydroxylation is 2. The zero-order valence-electron chi connectivity index (χ0n) is 7.39. The van der Waals surface area contributed by atoms with Crippen molar-refractivity contribution in [2.45, 2.75) is 13.8 Å². The molecule has 0 unspecified atom stereocenters. The molecule has 12 heavy (non-hydrogen) atoms. The fourth-order valence-electron chi connectivity index (χ4n) is 0.965. The molecule has 0 aliphatic carbocycles. The average molecular weight is 160 g/mol. The molecule has 1 aromatic rings. The molecule has 2 heteroatoms. The van der Waals surface area contributed by atoms with Crippen LogP contribution in [0.3, 0.4) is 0 Å². The third-order valence-electron chi connectivity index (χ3n) is 1.55. The molecule has 1 heterocycles. The van der Waals surface area contributed by atoms with Crippen molar-refractivity contribution in [2.24, 2.45) is 5.73 Å². The molecule has 1 aromatic heterocycles. The average Bonchev–Trinajstić information content (AvgIpc) is 2.03. The monoisotopic (exact) mass is 160 g/mol. The summed E-state index contributed by atoms with van der Waals surface area (Å²) in [5, 5.41) is 0. The van der Waals surface area contributed by atoms with Crippen LogP contribution in [-0.4, -0.2) is 11.5 Å². The van der Waals surface area contributed by atoms with Crippen molar-refractivity contribution >= 4 is 0 Å². The molecule has 0 aliphatic rings. The molecule has 0 amide bonds. The maximum Gasteiger partial charge on any atom is 0.0555 e. The topological polar surface area (TPSA) is 38.9 Å². The quantitative estimate of drug-likeness (QED) is 0.575. The number of pyridine rings is 1. The van der Waals surface area contributed by atoms with Gasteiger partial charge >= 0.3 is 0 Å². The van der Waals surface area contributed by atoms with E-state index in [9.17, 15) is 0 Å². The second kappa shape index (κ2) is 3.89. The first kappa shape index (κ1) is 8.76. The van der Waals surface area contributed by atoms with Gasteiger partial charge < -0.3 is 5.73 Å². The van der Waals surface area contributed by atoms with E-state index in [2.05, 4.69) is 16.8 Å². The molecule has 1 rings (SSSR count). The van der Waals surface area contributed by atoms with Gasteiger partial charge in [0.2, 0.25) is 0 Å². The molecular weight excluding hydrogens is 148 g/mol. The molecule has 0 spiro atoms. The minimum absolute atomic E-state index is 0.396. The normalized spacial score (nSPS) is 8.92. The Balaban J connectivity index is 3.01. The molecule has 0 saturated carbocycles. The standard InChI is InChI=1S/C10H12N2/c1-8-5-6-10(4-3-7-11)9(2)12-8/h5-6H,7,11H2,1-2H3. The summed E-state index contributed by atoms with van der Waals surface area (Å²) in [5.74, 6) is 5.76. The van der Waals surface area contributed by atoms with Gasteiger partial charge in [-0.3, -0.25) is 4.98 Å². The van der Waals surface area contributed by atoms with E-state index in [-0.39, 0.29) is 0 Å². The van der Waals surface area contributed by atoms with Gasteiger partial charge in [0, 0.05) is 11.3 Å². The molecule has 2 nitrogen and oxygen atoms in total. The van der Waals surface area contributed by atoms with E-state index in [0.717, 1.165) is 17.0 Å². The lowest BCUT2D eigenvalue weighted by atomic mass is 10.2. The Morgan fingerprint density at radius 1 is 1.42 bits per heavy atom. The van der Waals surface area contributed by atoms with Crippen molar-refractivity contribution in [1.29, 1.82) is 0 Å². The van der Waals surface area contributed by atoms with E-state index in [1.807, 2.05) is 26.0 Å². The first-order valence-corrected chi connectivity index (χ1v) is 3.87. The third kappa shape index (κ3) is 2.08. The lowest BCUT2D eigenvalue weighted by molar-refractivity contribution is 1.11. The van der Waals surface area contributed by atoms with Crippen molar-refractivity contribution in [3.05, 3.63) is 29.1 Å². The van der Waals surface area contributed by atoms with Crippen LogP contribution in [0.5, 0.6) is 0 Å².